The van der Waals surface area contributed by atoms with Crippen LogP contribution in [0.15, 0.2) is 24.3 Å². The van der Waals surface area contributed by atoms with Crippen LogP contribution in [0.25, 0.3) is 0 Å². The Kier molecular flexibility index (Phi) is 4.52. The largest absolute Gasteiger partial charge is 0.481 e. The highest BCUT2D eigenvalue weighted by Crippen LogP contribution is 2.15. The molecule has 1 amide bonds. The van der Waals surface area contributed by atoms with E-state index in [0.29, 0.717) is 23.6 Å². The summed E-state index contributed by atoms with van der Waals surface area (Å²) in [5.41, 5.74) is 1.35. The minimum absolute atomic E-state index is 0.0128. The van der Waals surface area contributed by atoms with Gasteiger partial charge in [-0.15, -0.1) is 0 Å². The molecule has 0 aromatic heterocycles. The highest BCUT2D eigenvalue weighted by atomic mass is 16.4. The van der Waals surface area contributed by atoms with Crippen molar-refractivity contribution in [3.63, 3.8) is 0 Å². The molecule has 3 N–H and O–H groups in total. The van der Waals surface area contributed by atoms with E-state index in [1.54, 1.807) is 24.3 Å². The molecule has 19 heavy (non-hydrogen) atoms. The summed E-state index contributed by atoms with van der Waals surface area (Å²) in [7, 11) is 0. The quantitative estimate of drug-likeness (QED) is 0.746. The number of hydrogen-bond donors (Lipinski definition) is 3. The average molecular weight is 262 g/mol. The molecule has 102 valence electrons. The normalized spacial score (nSPS) is 18.2. The van der Waals surface area contributed by atoms with E-state index in [9.17, 15) is 9.59 Å². The minimum Gasteiger partial charge on any atom is -0.481 e. The third-order valence-corrected chi connectivity index (χ3v) is 3.20. The van der Waals surface area contributed by atoms with Crippen LogP contribution in [-0.2, 0) is 16.0 Å². The van der Waals surface area contributed by atoms with Crippen LogP contribution in [0.5, 0.6) is 0 Å². The van der Waals surface area contributed by atoms with Crippen molar-refractivity contribution in [2.75, 3.05) is 18.4 Å². The van der Waals surface area contributed by atoms with Gasteiger partial charge in [0, 0.05) is 12.1 Å². The summed E-state index contributed by atoms with van der Waals surface area (Å²) in [4.78, 5) is 22.5. The van der Waals surface area contributed by atoms with Crippen molar-refractivity contribution in [3.8, 4) is 0 Å². The molecule has 0 saturated carbocycles. The van der Waals surface area contributed by atoms with Crippen LogP contribution in [0.1, 0.15) is 18.4 Å². The number of nitrogens with one attached hydrogen (secondary N) is 2. The fraction of sp³-hybridized carbons (Fsp3) is 0.429. The molecule has 0 bridgehead atoms. The molecule has 1 unspecified atom stereocenters. The van der Waals surface area contributed by atoms with Gasteiger partial charge >= 0.3 is 5.97 Å². The number of amides is 1. The molecule has 1 aromatic rings. The zero-order valence-electron chi connectivity index (χ0n) is 10.7. The summed E-state index contributed by atoms with van der Waals surface area (Å²) < 4.78 is 0. The van der Waals surface area contributed by atoms with E-state index in [4.69, 9.17) is 5.11 Å². The molecule has 5 heteroatoms. The van der Waals surface area contributed by atoms with E-state index in [-0.39, 0.29) is 12.3 Å². The molecule has 1 aliphatic rings. The molecule has 0 spiro atoms. The van der Waals surface area contributed by atoms with E-state index in [0.717, 1.165) is 19.5 Å². The Labute approximate surface area is 112 Å². The second-order valence-electron chi connectivity index (χ2n) is 4.88. The fourth-order valence-corrected chi connectivity index (χ4v) is 2.30. The molecular formula is C14H18N2O3. The number of carbonyl (C=O) groups is 2. The van der Waals surface area contributed by atoms with E-state index in [1.807, 2.05) is 0 Å². The van der Waals surface area contributed by atoms with Gasteiger partial charge in [0.05, 0.1) is 6.42 Å². The van der Waals surface area contributed by atoms with Crippen molar-refractivity contribution in [1.82, 2.24) is 5.32 Å². The maximum Gasteiger partial charge on any atom is 0.307 e. The first-order valence-electron chi connectivity index (χ1n) is 6.45. The van der Waals surface area contributed by atoms with Gasteiger partial charge in [0.15, 0.2) is 0 Å². The second kappa shape index (κ2) is 6.33. The smallest absolute Gasteiger partial charge is 0.307 e. The van der Waals surface area contributed by atoms with Crippen molar-refractivity contribution in [2.45, 2.75) is 19.3 Å². The van der Waals surface area contributed by atoms with Crippen molar-refractivity contribution < 1.29 is 14.7 Å². The monoisotopic (exact) mass is 262 g/mol. The average Bonchev–Trinajstić information content (AvgIpc) is 2.81. The standard InChI is InChI=1S/C14H18N2O3/c17-13(7-11-4-5-15-9-11)16-12-3-1-2-10(6-12)8-14(18)19/h1-3,6,11,15H,4-5,7-9H2,(H,16,17)(H,18,19). The maximum atomic E-state index is 11.8. The predicted molar refractivity (Wildman–Crippen MR) is 72.0 cm³/mol. The van der Waals surface area contributed by atoms with Gasteiger partial charge in [-0.3, -0.25) is 9.59 Å². The lowest BCUT2D eigenvalue weighted by molar-refractivity contribution is -0.136. The summed E-state index contributed by atoms with van der Waals surface area (Å²) in [6.45, 7) is 1.87. The van der Waals surface area contributed by atoms with Crippen molar-refractivity contribution >= 4 is 17.6 Å². The van der Waals surface area contributed by atoms with Gasteiger partial charge in [0.25, 0.3) is 0 Å². The van der Waals surface area contributed by atoms with E-state index in [1.165, 1.54) is 0 Å². The van der Waals surface area contributed by atoms with Gasteiger partial charge < -0.3 is 15.7 Å². The highest BCUT2D eigenvalue weighted by Gasteiger charge is 2.18. The lowest BCUT2D eigenvalue weighted by Crippen LogP contribution is -2.18. The summed E-state index contributed by atoms with van der Waals surface area (Å²) >= 11 is 0. The lowest BCUT2D eigenvalue weighted by atomic mass is 10.0. The lowest BCUT2D eigenvalue weighted by Gasteiger charge is -2.09. The highest BCUT2D eigenvalue weighted by molar-refractivity contribution is 5.91. The van der Waals surface area contributed by atoms with Crippen LogP contribution in [0.3, 0.4) is 0 Å². The third-order valence-electron chi connectivity index (χ3n) is 3.20. The first-order chi connectivity index (χ1) is 9.13. The number of hydrogen-bond acceptors (Lipinski definition) is 3. The Hall–Kier alpha value is -1.88. The Balaban J connectivity index is 1.90. The van der Waals surface area contributed by atoms with Crippen LogP contribution in [-0.4, -0.2) is 30.1 Å². The Bertz CT molecular complexity index is 468. The van der Waals surface area contributed by atoms with Gasteiger partial charge in [-0.1, -0.05) is 12.1 Å². The van der Waals surface area contributed by atoms with Crippen molar-refractivity contribution in [1.29, 1.82) is 0 Å². The second-order valence-corrected chi connectivity index (χ2v) is 4.88. The number of carbonyl (C=O) groups excluding carboxylic acids is 1. The van der Waals surface area contributed by atoms with Crippen molar-refractivity contribution in [2.24, 2.45) is 5.92 Å². The van der Waals surface area contributed by atoms with Gasteiger partial charge in [-0.05, 0) is 43.1 Å². The van der Waals surface area contributed by atoms with Crippen LogP contribution in [0, 0.1) is 5.92 Å². The summed E-state index contributed by atoms with van der Waals surface area (Å²) in [6.07, 6.45) is 1.51. The maximum absolute atomic E-state index is 11.8. The molecule has 0 aliphatic carbocycles. The Morgan fingerprint density at radius 2 is 2.26 bits per heavy atom. The summed E-state index contributed by atoms with van der Waals surface area (Å²) in [5, 5.41) is 14.8. The van der Waals surface area contributed by atoms with Crippen molar-refractivity contribution in [3.05, 3.63) is 29.8 Å². The van der Waals surface area contributed by atoms with Gasteiger partial charge in [-0.2, -0.15) is 0 Å². The molecule has 5 nitrogen and oxygen atoms in total. The minimum atomic E-state index is -0.875. The Morgan fingerprint density at radius 3 is 2.95 bits per heavy atom. The molecule has 0 radical (unpaired) electrons. The molecular weight excluding hydrogens is 244 g/mol. The number of carboxylic acid groups (broad SMARTS) is 1. The number of benzene rings is 1. The number of rotatable bonds is 5. The van der Waals surface area contributed by atoms with Crippen LogP contribution >= 0.6 is 0 Å². The van der Waals surface area contributed by atoms with Gasteiger partial charge in [0.2, 0.25) is 5.91 Å². The van der Waals surface area contributed by atoms with Crippen LogP contribution < -0.4 is 10.6 Å². The Morgan fingerprint density at radius 1 is 1.42 bits per heavy atom. The summed E-state index contributed by atoms with van der Waals surface area (Å²) in [6, 6.07) is 6.98. The van der Waals surface area contributed by atoms with Gasteiger partial charge in [0.1, 0.15) is 0 Å². The first-order valence-corrected chi connectivity index (χ1v) is 6.45. The van der Waals surface area contributed by atoms with E-state index in [2.05, 4.69) is 10.6 Å². The molecule has 1 atom stereocenters. The number of carboxylic acids is 1. The molecule has 1 aromatic carbocycles. The fourth-order valence-electron chi connectivity index (χ4n) is 2.30. The molecule has 1 aliphatic heterocycles. The molecule has 1 saturated heterocycles. The number of aliphatic carboxylic acids is 1. The third kappa shape index (κ3) is 4.37. The first kappa shape index (κ1) is 13.5. The van der Waals surface area contributed by atoms with E-state index >= 15 is 0 Å². The molecule has 2 rings (SSSR count). The van der Waals surface area contributed by atoms with Crippen LogP contribution in [0.2, 0.25) is 0 Å². The van der Waals surface area contributed by atoms with Crippen LogP contribution in [0.4, 0.5) is 5.69 Å². The zero-order chi connectivity index (χ0) is 13.7. The molecule has 1 fully saturated rings. The molecule has 1 heterocycles. The van der Waals surface area contributed by atoms with Gasteiger partial charge in [-0.25, -0.2) is 0 Å². The predicted octanol–water partition coefficient (Wildman–Crippen LogP) is 1.25. The van der Waals surface area contributed by atoms with E-state index < -0.39 is 5.97 Å². The zero-order valence-corrected chi connectivity index (χ0v) is 10.7. The SMILES string of the molecule is O=C(O)Cc1cccc(NC(=O)CC2CCNC2)c1. The number of anilines is 1. The summed E-state index contributed by atoms with van der Waals surface area (Å²) in [5.74, 6) is -0.483. The topological polar surface area (TPSA) is 78.4 Å².